The lowest BCUT2D eigenvalue weighted by molar-refractivity contribution is 0.104. The molecule has 136 valence electrons. The Labute approximate surface area is 160 Å². The van der Waals surface area contributed by atoms with Crippen LogP contribution in [0.5, 0.6) is 5.75 Å². The first-order valence-electron chi connectivity index (χ1n) is 7.89. The Bertz CT molecular complexity index is 991. The highest BCUT2D eigenvalue weighted by Gasteiger charge is 2.20. The maximum absolute atomic E-state index is 12.6. The van der Waals surface area contributed by atoms with Crippen molar-refractivity contribution in [3.63, 3.8) is 0 Å². The summed E-state index contributed by atoms with van der Waals surface area (Å²) in [5.74, 6) is 0.281. The van der Waals surface area contributed by atoms with Gasteiger partial charge in [-0.1, -0.05) is 18.2 Å². The van der Waals surface area contributed by atoms with Crippen molar-refractivity contribution in [1.82, 2.24) is 4.72 Å². The zero-order valence-corrected chi connectivity index (χ0v) is 16.4. The Morgan fingerprint density at radius 3 is 2.62 bits per heavy atom. The number of rotatable bonds is 8. The normalized spacial score (nSPS) is 11.4. The van der Waals surface area contributed by atoms with Gasteiger partial charge in [-0.2, -0.15) is 0 Å². The van der Waals surface area contributed by atoms with Gasteiger partial charge in [0.2, 0.25) is 15.8 Å². The van der Waals surface area contributed by atoms with Crippen molar-refractivity contribution < 1.29 is 17.9 Å². The summed E-state index contributed by atoms with van der Waals surface area (Å²) in [7, 11) is -3.72. The molecule has 5 nitrogen and oxygen atoms in total. The van der Waals surface area contributed by atoms with Crippen molar-refractivity contribution in [1.29, 1.82) is 0 Å². The molecule has 0 fully saturated rings. The molecule has 0 saturated carbocycles. The van der Waals surface area contributed by atoms with Gasteiger partial charge in [-0.3, -0.25) is 4.79 Å². The predicted octanol–water partition coefficient (Wildman–Crippen LogP) is 3.92. The molecule has 0 aliphatic rings. The largest absolute Gasteiger partial charge is 0.492 e. The average molecular weight is 408 g/mol. The first-order valence-corrected chi connectivity index (χ1v) is 11.1. The number of ketones is 1. The predicted molar refractivity (Wildman–Crippen MR) is 104 cm³/mol. The Balaban J connectivity index is 1.72. The molecule has 0 aliphatic heterocycles. The lowest BCUT2D eigenvalue weighted by Gasteiger charge is -2.11. The third-order valence-electron chi connectivity index (χ3n) is 3.51. The average Bonchev–Trinajstić information content (AvgIpc) is 3.32. The van der Waals surface area contributed by atoms with E-state index in [1.807, 2.05) is 11.4 Å². The molecule has 0 bridgehead atoms. The highest BCUT2D eigenvalue weighted by Crippen LogP contribution is 2.25. The van der Waals surface area contributed by atoms with Crippen LogP contribution in [-0.4, -0.2) is 20.8 Å². The fourth-order valence-electron chi connectivity index (χ4n) is 2.31. The van der Waals surface area contributed by atoms with Crippen LogP contribution in [0.1, 0.15) is 26.3 Å². The lowest BCUT2D eigenvalue weighted by atomic mass is 10.3. The molecule has 0 radical (unpaired) electrons. The van der Waals surface area contributed by atoms with Gasteiger partial charge in [0.25, 0.3) is 0 Å². The van der Waals surface area contributed by atoms with E-state index in [0.717, 1.165) is 4.88 Å². The molecule has 3 rings (SSSR count). The first kappa shape index (κ1) is 18.8. The van der Waals surface area contributed by atoms with Crippen LogP contribution >= 0.6 is 22.7 Å². The molecular weight excluding hydrogens is 390 g/mol. The minimum absolute atomic E-state index is 0.0409. The smallest absolute Gasteiger partial charge is 0.244 e. The number of para-hydroxylation sites is 1. The number of hydrogen-bond donors (Lipinski definition) is 1. The Hall–Kier alpha value is -2.00. The maximum atomic E-state index is 12.6. The highest BCUT2D eigenvalue weighted by molar-refractivity contribution is 7.89. The van der Waals surface area contributed by atoms with Gasteiger partial charge in [-0.15, -0.1) is 22.7 Å². The number of hydrogen-bond acceptors (Lipinski definition) is 6. The lowest BCUT2D eigenvalue weighted by Crippen LogP contribution is -2.23. The van der Waals surface area contributed by atoms with Crippen molar-refractivity contribution in [3.8, 4) is 5.75 Å². The standard InChI is InChI=1S/C18H17NO4S3/c1-2-23-14-6-3-4-8-17(14)26(21,22)19-12-13-9-10-16(25-13)18(20)15-7-5-11-24-15/h3-11,19H,2,12H2,1H3. The summed E-state index contributed by atoms with van der Waals surface area (Å²) in [6.45, 7) is 2.30. The van der Waals surface area contributed by atoms with E-state index in [4.69, 9.17) is 4.74 Å². The maximum Gasteiger partial charge on any atom is 0.244 e. The van der Waals surface area contributed by atoms with E-state index < -0.39 is 10.0 Å². The number of nitrogens with one attached hydrogen (secondary N) is 1. The van der Waals surface area contributed by atoms with Crippen LogP contribution in [0.2, 0.25) is 0 Å². The summed E-state index contributed by atoms with van der Waals surface area (Å²) < 4.78 is 33.1. The SMILES string of the molecule is CCOc1ccccc1S(=O)(=O)NCc1ccc(C(=O)c2cccs2)s1. The topological polar surface area (TPSA) is 72.5 Å². The van der Waals surface area contributed by atoms with Crippen molar-refractivity contribution in [2.24, 2.45) is 0 Å². The van der Waals surface area contributed by atoms with Crippen LogP contribution in [0.3, 0.4) is 0 Å². The summed E-state index contributed by atoms with van der Waals surface area (Å²) in [6.07, 6.45) is 0. The third-order valence-corrected chi connectivity index (χ3v) is 6.90. The minimum atomic E-state index is -3.72. The van der Waals surface area contributed by atoms with Crippen LogP contribution in [0.25, 0.3) is 0 Å². The number of sulfonamides is 1. The van der Waals surface area contributed by atoms with E-state index in [9.17, 15) is 13.2 Å². The van der Waals surface area contributed by atoms with Gasteiger partial charge in [-0.05, 0) is 42.6 Å². The van der Waals surface area contributed by atoms with Crippen LogP contribution < -0.4 is 9.46 Å². The molecule has 1 N–H and O–H groups in total. The third kappa shape index (κ3) is 4.21. The molecule has 0 amide bonds. The van der Waals surface area contributed by atoms with Gasteiger partial charge in [0, 0.05) is 11.4 Å². The molecule has 0 aliphatic carbocycles. The van der Waals surface area contributed by atoms with Crippen LogP contribution in [0, 0.1) is 0 Å². The summed E-state index contributed by atoms with van der Waals surface area (Å²) in [5, 5.41) is 1.85. The molecule has 2 aromatic heterocycles. The van der Waals surface area contributed by atoms with Gasteiger partial charge in [0.15, 0.2) is 0 Å². The van der Waals surface area contributed by atoms with Gasteiger partial charge in [0.05, 0.1) is 16.4 Å². The van der Waals surface area contributed by atoms with Crippen molar-refractivity contribution >= 4 is 38.5 Å². The number of benzene rings is 1. The van der Waals surface area contributed by atoms with Crippen LogP contribution in [0.15, 0.2) is 58.8 Å². The number of ether oxygens (including phenoxy) is 1. The highest BCUT2D eigenvalue weighted by atomic mass is 32.2. The van der Waals surface area contributed by atoms with E-state index in [2.05, 4.69) is 4.72 Å². The summed E-state index contributed by atoms with van der Waals surface area (Å²) in [6, 6.07) is 13.6. The Morgan fingerprint density at radius 1 is 1.08 bits per heavy atom. The van der Waals surface area contributed by atoms with E-state index in [1.54, 1.807) is 43.3 Å². The molecule has 0 unspecified atom stereocenters. The fourth-order valence-corrected chi connectivity index (χ4v) is 5.20. The number of carbonyl (C=O) groups is 1. The van der Waals surface area contributed by atoms with E-state index in [0.29, 0.717) is 22.1 Å². The summed E-state index contributed by atoms with van der Waals surface area (Å²) in [5.41, 5.74) is 0. The molecule has 1 aromatic carbocycles. The monoisotopic (exact) mass is 407 g/mol. The molecule has 0 spiro atoms. The molecule has 8 heteroatoms. The van der Waals surface area contributed by atoms with Crippen molar-refractivity contribution in [2.45, 2.75) is 18.4 Å². The van der Waals surface area contributed by atoms with E-state index in [-0.39, 0.29) is 17.2 Å². The molecule has 0 atom stereocenters. The molecular formula is C18H17NO4S3. The summed E-state index contributed by atoms with van der Waals surface area (Å²) in [4.78, 5) is 14.5. The second-order valence-electron chi connectivity index (χ2n) is 5.28. The van der Waals surface area contributed by atoms with Crippen LogP contribution in [-0.2, 0) is 16.6 Å². The molecule has 26 heavy (non-hydrogen) atoms. The second-order valence-corrected chi connectivity index (χ2v) is 9.13. The number of carbonyl (C=O) groups excluding carboxylic acids is 1. The first-order chi connectivity index (χ1) is 12.5. The van der Waals surface area contributed by atoms with Crippen molar-refractivity contribution in [3.05, 3.63) is 68.5 Å². The van der Waals surface area contributed by atoms with Gasteiger partial charge < -0.3 is 4.74 Å². The fraction of sp³-hybridized carbons (Fsp3) is 0.167. The van der Waals surface area contributed by atoms with Crippen molar-refractivity contribution in [2.75, 3.05) is 6.61 Å². The zero-order valence-electron chi connectivity index (χ0n) is 14.0. The van der Waals surface area contributed by atoms with Gasteiger partial charge in [0.1, 0.15) is 10.6 Å². The van der Waals surface area contributed by atoms with Gasteiger partial charge >= 0.3 is 0 Å². The second kappa shape index (κ2) is 8.13. The summed E-state index contributed by atoms with van der Waals surface area (Å²) >= 11 is 2.68. The molecule has 3 aromatic rings. The molecule has 0 saturated heterocycles. The quantitative estimate of drug-likeness (QED) is 0.575. The van der Waals surface area contributed by atoms with E-state index in [1.165, 1.54) is 28.7 Å². The zero-order chi connectivity index (χ0) is 18.6. The van der Waals surface area contributed by atoms with Crippen LogP contribution in [0.4, 0.5) is 0 Å². The molecule has 2 heterocycles. The van der Waals surface area contributed by atoms with Gasteiger partial charge in [-0.25, -0.2) is 13.1 Å². The minimum Gasteiger partial charge on any atom is -0.492 e. The van der Waals surface area contributed by atoms with E-state index >= 15 is 0 Å². The Kier molecular flexibility index (Phi) is 5.87. The Morgan fingerprint density at radius 2 is 1.88 bits per heavy atom. The number of thiophene rings is 2.